The summed E-state index contributed by atoms with van der Waals surface area (Å²) in [5, 5.41) is 0. The van der Waals surface area contributed by atoms with Crippen molar-refractivity contribution in [2.75, 3.05) is 0 Å². The SMILES string of the molecule is CC(C)CCC[C@@H](C)[C@H]1CC[C@H]2[C@@H]3CC=C4C[C@@H]([Si](C)(C)C)CC[C@]4(C)[C@H]3CC[C@]12C. The van der Waals surface area contributed by atoms with Crippen LogP contribution in [-0.4, -0.2) is 8.07 Å². The van der Waals surface area contributed by atoms with Crippen molar-refractivity contribution in [3.8, 4) is 0 Å². The Hall–Kier alpha value is -0.0431. The monoisotopic (exact) mass is 442 g/mol. The predicted molar refractivity (Wildman–Crippen MR) is 140 cm³/mol. The molecule has 0 aromatic carbocycles. The van der Waals surface area contributed by atoms with E-state index in [4.69, 9.17) is 0 Å². The van der Waals surface area contributed by atoms with Crippen LogP contribution in [0.2, 0.25) is 25.2 Å². The molecule has 3 saturated carbocycles. The Kier molecular flexibility index (Phi) is 6.71. The molecule has 0 N–H and O–H groups in total. The van der Waals surface area contributed by atoms with Gasteiger partial charge in [0.05, 0.1) is 0 Å². The Bertz CT molecular complexity index is 668. The van der Waals surface area contributed by atoms with E-state index in [1.54, 1.807) is 0 Å². The topological polar surface area (TPSA) is 0 Å². The maximum Gasteiger partial charge on any atom is 0.0476 e. The highest BCUT2D eigenvalue weighted by Gasteiger charge is 2.59. The summed E-state index contributed by atoms with van der Waals surface area (Å²) in [5.74, 6) is 5.78. The van der Waals surface area contributed by atoms with Crippen LogP contribution in [-0.2, 0) is 0 Å². The van der Waals surface area contributed by atoms with E-state index in [1.807, 2.05) is 5.57 Å². The highest BCUT2D eigenvalue weighted by molar-refractivity contribution is 6.77. The van der Waals surface area contributed by atoms with Gasteiger partial charge < -0.3 is 0 Å². The molecular formula is C30H54Si. The molecule has 0 aromatic heterocycles. The van der Waals surface area contributed by atoms with Gasteiger partial charge in [-0.3, -0.25) is 0 Å². The van der Waals surface area contributed by atoms with Crippen molar-refractivity contribution in [1.29, 1.82) is 0 Å². The Morgan fingerprint density at radius 2 is 1.68 bits per heavy atom. The Labute approximate surface area is 196 Å². The molecule has 3 fully saturated rings. The van der Waals surface area contributed by atoms with Crippen molar-refractivity contribution in [3.63, 3.8) is 0 Å². The average molecular weight is 443 g/mol. The van der Waals surface area contributed by atoms with Gasteiger partial charge in [-0.05, 0) is 96.8 Å². The fourth-order valence-corrected chi connectivity index (χ4v) is 11.3. The summed E-state index contributed by atoms with van der Waals surface area (Å²) in [6, 6.07) is 0. The molecule has 8 atom stereocenters. The van der Waals surface area contributed by atoms with Crippen LogP contribution in [0, 0.1) is 46.3 Å². The van der Waals surface area contributed by atoms with Crippen LogP contribution < -0.4 is 0 Å². The molecule has 0 aromatic rings. The van der Waals surface area contributed by atoms with Crippen molar-refractivity contribution in [2.24, 2.45) is 46.3 Å². The molecule has 0 saturated heterocycles. The van der Waals surface area contributed by atoms with Crippen molar-refractivity contribution >= 4 is 8.07 Å². The first-order chi connectivity index (χ1) is 14.5. The maximum atomic E-state index is 2.80. The minimum absolute atomic E-state index is 0.543. The molecule has 0 amide bonds. The summed E-state index contributed by atoms with van der Waals surface area (Å²) in [6.07, 6.45) is 19.1. The Morgan fingerprint density at radius 3 is 2.35 bits per heavy atom. The minimum atomic E-state index is -1.02. The van der Waals surface area contributed by atoms with E-state index in [-0.39, 0.29) is 0 Å². The van der Waals surface area contributed by atoms with Gasteiger partial charge in [0.2, 0.25) is 0 Å². The van der Waals surface area contributed by atoms with E-state index in [9.17, 15) is 0 Å². The van der Waals surface area contributed by atoms with Crippen molar-refractivity contribution in [2.45, 2.75) is 130 Å². The summed E-state index contributed by atoms with van der Waals surface area (Å²) < 4.78 is 0. The first kappa shape index (κ1) is 24.1. The van der Waals surface area contributed by atoms with Gasteiger partial charge in [-0.2, -0.15) is 0 Å². The first-order valence-electron chi connectivity index (χ1n) is 14.2. The van der Waals surface area contributed by atoms with Gasteiger partial charge in [0.1, 0.15) is 0 Å². The van der Waals surface area contributed by atoms with Gasteiger partial charge in [-0.15, -0.1) is 0 Å². The Balaban J connectivity index is 1.49. The molecule has 0 bridgehead atoms. The predicted octanol–water partition coefficient (Wildman–Crippen LogP) is 9.74. The fraction of sp³-hybridized carbons (Fsp3) is 0.933. The van der Waals surface area contributed by atoms with Crippen molar-refractivity contribution in [3.05, 3.63) is 11.6 Å². The van der Waals surface area contributed by atoms with E-state index in [0.717, 1.165) is 41.0 Å². The van der Waals surface area contributed by atoms with Crippen LogP contribution in [0.25, 0.3) is 0 Å². The highest BCUT2D eigenvalue weighted by atomic mass is 28.3. The second kappa shape index (κ2) is 8.63. The zero-order chi connectivity index (χ0) is 22.6. The van der Waals surface area contributed by atoms with Crippen LogP contribution in [0.3, 0.4) is 0 Å². The summed E-state index contributed by atoms with van der Waals surface area (Å²) in [4.78, 5) is 0. The average Bonchev–Trinajstić information content (AvgIpc) is 3.03. The van der Waals surface area contributed by atoms with Crippen molar-refractivity contribution in [1.82, 2.24) is 0 Å². The van der Waals surface area contributed by atoms with Gasteiger partial charge in [0, 0.05) is 8.07 Å². The molecule has 4 aliphatic carbocycles. The standard InChI is InChI=1S/C30H54Si/c1-21(2)10-9-11-22(3)26-14-15-27-25-13-12-23-20-24(31(6,7)8)16-18-29(23,4)28(25)17-19-30(26,27)5/h12,21-22,24-28H,9-11,13-20H2,1-8H3/t22-,24+,25+,26-,27+,28+,29+,30-/m1/s1. The number of rotatable bonds is 6. The number of hydrogen-bond donors (Lipinski definition) is 0. The van der Waals surface area contributed by atoms with Gasteiger partial charge in [-0.25, -0.2) is 0 Å². The maximum absolute atomic E-state index is 2.80. The van der Waals surface area contributed by atoms with Crippen LogP contribution in [0.5, 0.6) is 0 Å². The lowest BCUT2D eigenvalue weighted by atomic mass is 9.47. The van der Waals surface area contributed by atoms with Crippen LogP contribution in [0.1, 0.15) is 105 Å². The van der Waals surface area contributed by atoms with E-state index >= 15 is 0 Å². The normalized spacial score (nSPS) is 43.8. The molecule has 0 spiro atoms. The molecule has 0 radical (unpaired) electrons. The number of allylic oxidation sites excluding steroid dienone is 2. The minimum Gasteiger partial charge on any atom is -0.0845 e. The van der Waals surface area contributed by atoms with Crippen molar-refractivity contribution < 1.29 is 0 Å². The molecule has 178 valence electrons. The van der Waals surface area contributed by atoms with E-state index in [2.05, 4.69) is 60.3 Å². The van der Waals surface area contributed by atoms with Gasteiger partial charge >= 0.3 is 0 Å². The van der Waals surface area contributed by atoms with Gasteiger partial charge in [0.25, 0.3) is 0 Å². The molecule has 0 unspecified atom stereocenters. The van der Waals surface area contributed by atoms with Crippen LogP contribution in [0.15, 0.2) is 11.6 Å². The quantitative estimate of drug-likeness (QED) is 0.283. The summed E-state index contributed by atoms with van der Waals surface area (Å²) in [5.41, 5.74) is 4.12. The first-order valence-corrected chi connectivity index (χ1v) is 17.7. The zero-order valence-corrected chi connectivity index (χ0v) is 23.4. The summed E-state index contributed by atoms with van der Waals surface area (Å²) in [7, 11) is -1.02. The smallest absolute Gasteiger partial charge is 0.0476 e. The molecule has 1 heteroatoms. The molecule has 0 nitrogen and oxygen atoms in total. The number of hydrogen-bond acceptors (Lipinski definition) is 0. The lowest BCUT2D eigenvalue weighted by Gasteiger charge is -2.59. The Morgan fingerprint density at radius 1 is 0.935 bits per heavy atom. The largest absolute Gasteiger partial charge is 0.0845 e. The van der Waals surface area contributed by atoms with E-state index in [1.165, 1.54) is 70.6 Å². The second-order valence-corrected chi connectivity index (χ2v) is 20.1. The second-order valence-electron chi connectivity index (χ2n) is 14.6. The summed E-state index contributed by atoms with van der Waals surface area (Å²) >= 11 is 0. The van der Waals surface area contributed by atoms with E-state index < -0.39 is 8.07 Å². The van der Waals surface area contributed by atoms with Crippen LogP contribution >= 0.6 is 0 Å². The molecule has 4 rings (SSSR count). The molecule has 31 heavy (non-hydrogen) atoms. The van der Waals surface area contributed by atoms with Crippen LogP contribution in [0.4, 0.5) is 0 Å². The third-order valence-corrected chi connectivity index (χ3v) is 14.5. The third kappa shape index (κ3) is 4.28. The van der Waals surface area contributed by atoms with Gasteiger partial charge in [-0.1, -0.05) is 91.6 Å². The lowest BCUT2D eigenvalue weighted by molar-refractivity contribution is -0.0501. The fourth-order valence-electron chi connectivity index (χ4n) is 9.42. The third-order valence-electron chi connectivity index (χ3n) is 11.5. The van der Waals surface area contributed by atoms with Gasteiger partial charge in [0.15, 0.2) is 0 Å². The molecular weight excluding hydrogens is 388 g/mol. The molecule has 0 heterocycles. The molecule has 0 aliphatic heterocycles. The van der Waals surface area contributed by atoms with E-state index in [0.29, 0.717) is 10.8 Å². The molecule has 4 aliphatic rings. The highest BCUT2D eigenvalue weighted by Crippen LogP contribution is 2.68. The number of fused-ring (bicyclic) bond motifs is 5. The zero-order valence-electron chi connectivity index (χ0n) is 22.4. The lowest BCUT2D eigenvalue weighted by Crippen LogP contribution is -2.51. The summed E-state index contributed by atoms with van der Waals surface area (Å²) in [6.45, 7) is 20.7.